The highest BCUT2D eigenvalue weighted by Gasteiger charge is 2.37. The number of unbranched alkanes of at least 4 members (excludes halogenated alkanes) is 10. The number of anilines is 3. The van der Waals surface area contributed by atoms with Crippen molar-refractivity contribution < 1.29 is 14.7 Å². The predicted octanol–water partition coefficient (Wildman–Crippen LogP) is 11.4. The molecule has 1 heterocycles. The summed E-state index contributed by atoms with van der Waals surface area (Å²) in [5, 5.41) is 14.5. The largest absolute Gasteiger partial charge is 0.395 e. The van der Waals surface area contributed by atoms with E-state index in [-0.39, 0.29) is 39.8 Å². The monoisotopic (exact) mass is 802 g/mol. The fourth-order valence-electron chi connectivity index (χ4n) is 6.14. The van der Waals surface area contributed by atoms with Crippen LogP contribution in [0.4, 0.5) is 28.4 Å². The number of carbonyl (C=O) groups excluding carboxylic acids is 2. The summed E-state index contributed by atoms with van der Waals surface area (Å²) in [5.41, 5.74) is 6.29. The molecule has 53 heavy (non-hydrogen) atoms. The molecular weight excluding hydrogens is 754 g/mol. The summed E-state index contributed by atoms with van der Waals surface area (Å²) in [5.74, 6) is -0.542. The maximum absolute atomic E-state index is 14.0. The van der Waals surface area contributed by atoms with Crippen molar-refractivity contribution in [1.29, 1.82) is 0 Å². The molecule has 286 valence electrons. The van der Waals surface area contributed by atoms with Crippen LogP contribution in [0.25, 0.3) is 0 Å². The summed E-state index contributed by atoms with van der Waals surface area (Å²) in [7, 11) is 0. The summed E-state index contributed by atoms with van der Waals surface area (Å²) in [6.45, 7) is 7.37. The highest BCUT2D eigenvalue weighted by molar-refractivity contribution is 6.73. The third-order valence-corrected chi connectivity index (χ3v) is 10.2. The smallest absolute Gasteiger partial charge is 0.299 e. The second-order valence-electron chi connectivity index (χ2n) is 13.2. The van der Waals surface area contributed by atoms with Gasteiger partial charge in [-0.15, -0.1) is 0 Å². The van der Waals surface area contributed by atoms with Gasteiger partial charge in [-0.2, -0.15) is 0 Å². The van der Waals surface area contributed by atoms with Gasteiger partial charge in [0.25, 0.3) is 5.91 Å². The van der Waals surface area contributed by atoms with Gasteiger partial charge in [0.05, 0.1) is 33.0 Å². The number of aliphatic hydroxyl groups is 1. The van der Waals surface area contributed by atoms with E-state index in [9.17, 15) is 14.7 Å². The molecule has 0 aliphatic carbocycles. The normalized spacial score (nSPS) is 14.3. The molecule has 0 radical (unpaired) electrons. The standard InChI is InChI=1S/C40H50Cl4N6O3/c1-4-6-7-8-9-10-11-12-13-14-15-16-36(52)45-29-17-19-31(42)35(26-29)47-39-37(40(53)50(48-39)38-32(43)24-28(41)25-33(38)44)46-34-20-18-30(23-27(34)3)49(5-2)21-22-51/h17-20,23-26,51H,4-16,21-22H2,1-3H3,(H,45,52)(H,47,48). The number of hydrogen-bond acceptors (Lipinski definition) is 6. The Morgan fingerprint density at radius 1 is 0.811 bits per heavy atom. The minimum atomic E-state index is -0.554. The Kier molecular flexibility index (Phi) is 17.2. The summed E-state index contributed by atoms with van der Waals surface area (Å²) in [4.78, 5) is 38.4. The van der Waals surface area contributed by atoms with Crippen LogP contribution in [0, 0.1) is 6.92 Å². The lowest BCUT2D eigenvalue weighted by Gasteiger charge is -2.22. The number of halogens is 4. The number of nitrogens with zero attached hydrogens (tertiary/aromatic N) is 4. The van der Waals surface area contributed by atoms with Crippen LogP contribution in [-0.4, -0.2) is 48.2 Å². The number of nitrogens with one attached hydrogen (secondary N) is 2. The fourth-order valence-corrected chi connectivity index (χ4v) is 7.29. The number of carbonyl (C=O) groups is 2. The molecule has 1 aliphatic heterocycles. The van der Waals surface area contributed by atoms with Crippen LogP contribution in [0.1, 0.15) is 96.5 Å². The molecule has 1 fully saturated rings. The second-order valence-corrected chi connectivity index (χ2v) is 14.8. The van der Waals surface area contributed by atoms with Crippen LogP contribution in [0.3, 0.4) is 0 Å². The van der Waals surface area contributed by atoms with Crippen molar-refractivity contribution in [3.05, 3.63) is 74.2 Å². The first-order valence-corrected chi connectivity index (χ1v) is 20.1. The van der Waals surface area contributed by atoms with E-state index in [4.69, 9.17) is 56.4 Å². The first-order valence-electron chi connectivity index (χ1n) is 18.6. The van der Waals surface area contributed by atoms with Gasteiger partial charge in [-0.05, 0) is 74.4 Å². The molecule has 0 unspecified atom stereocenters. The molecule has 1 aliphatic rings. The van der Waals surface area contributed by atoms with Gasteiger partial charge in [-0.25, -0.2) is 15.0 Å². The van der Waals surface area contributed by atoms with Gasteiger partial charge in [0, 0.05) is 35.9 Å². The zero-order chi connectivity index (χ0) is 38.3. The summed E-state index contributed by atoms with van der Waals surface area (Å²) in [6, 6.07) is 13.6. The number of hydrogen-bond donors (Lipinski definition) is 3. The van der Waals surface area contributed by atoms with Crippen molar-refractivity contribution in [3.63, 3.8) is 0 Å². The first kappa shape index (κ1) is 42.4. The van der Waals surface area contributed by atoms with E-state index in [1.807, 2.05) is 36.9 Å². The lowest BCUT2D eigenvalue weighted by Crippen LogP contribution is -2.36. The number of aliphatic imine (C=N–C) groups is 2. The number of rotatable bonds is 20. The van der Waals surface area contributed by atoms with E-state index in [1.54, 1.807) is 18.2 Å². The maximum atomic E-state index is 14.0. The van der Waals surface area contributed by atoms with E-state index in [0.717, 1.165) is 30.5 Å². The molecule has 2 amide bonds. The van der Waals surface area contributed by atoms with Gasteiger partial charge in [0.1, 0.15) is 5.69 Å². The van der Waals surface area contributed by atoms with Gasteiger partial charge >= 0.3 is 0 Å². The van der Waals surface area contributed by atoms with Crippen molar-refractivity contribution in [2.24, 2.45) is 9.98 Å². The number of aryl methyl sites for hydroxylation is 1. The van der Waals surface area contributed by atoms with E-state index in [2.05, 4.69) is 17.7 Å². The molecule has 9 nitrogen and oxygen atoms in total. The Balaban J connectivity index is 1.52. The molecule has 1 saturated heterocycles. The molecule has 13 heteroatoms. The molecule has 0 spiro atoms. The minimum absolute atomic E-state index is 0.00682. The Bertz CT molecular complexity index is 1760. The van der Waals surface area contributed by atoms with Crippen LogP contribution in [-0.2, 0) is 9.59 Å². The number of amidine groups is 1. The minimum Gasteiger partial charge on any atom is -0.395 e. The topological polar surface area (TPSA) is 110 Å². The van der Waals surface area contributed by atoms with Crippen molar-refractivity contribution in [2.45, 2.75) is 97.8 Å². The van der Waals surface area contributed by atoms with Crippen LogP contribution in [0.15, 0.2) is 58.5 Å². The van der Waals surface area contributed by atoms with Crippen LogP contribution in [0.2, 0.25) is 20.1 Å². The molecule has 0 bridgehead atoms. The summed E-state index contributed by atoms with van der Waals surface area (Å²) >= 11 is 25.8. The van der Waals surface area contributed by atoms with Crippen molar-refractivity contribution in [3.8, 4) is 0 Å². The van der Waals surface area contributed by atoms with Crippen LogP contribution >= 0.6 is 46.4 Å². The van der Waals surface area contributed by atoms with E-state index in [0.29, 0.717) is 46.6 Å². The van der Waals surface area contributed by atoms with Gasteiger partial charge < -0.3 is 15.3 Å². The number of hydrazine groups is 1. The Morgan fingerprint density at radius 2 is 1.45 bits per heavy atom. The zero-order valence-electron chi connectivity index (χ0n) is 30.8. The lowest BCUT2D eigenvalue weighted by molar-refractivity contribution is -0.116. The lowest BCUT2D eigenvalue weighted by atomic mass is 10.1. The molecule has 4 rings (SSSR count). The Hall–Kier alpha value is -3.34. The fraction of sp³-hybridized carbons (Fsp3) is 0.450. The molecule has 3 aromatic rings. The number of benzene rings is 3. The highest BCUT2D eigenvalue weighted by Crippen LogP contribution is 2.38. The molecule has 3 aromatic carbocycles. The van der Waals surface area contributed by atoms with E-state index in [1.165, 1.54) is 68.5 Å². The van der Waals surface area contributed by atoms with Gasteiger partial charge in [0.15, 0.2) is 11.5 Å². The van der Waals surface area contributed by atoms with Gasteiger partial charge in [-0.3, -0.25) is 15.0 Å². The number of amides is 2. The summed E-state index contributed by atoms with van der Waals surface area (Å²) in [6.07, 6.45) is 13.8. The SMILES string of the molecule is CCCCCCCCCCCCCC(=O)Nc1ccc(Cl)c(N=C2NN(c3c(Cl)cc(Cl)cc3Cl)C(=O)C2=Nc2ccc(N(CC)CCO)cc2C)c1. The molecule has 0 atom stereocenters. The quantitative estimate of drug-likeness (QED) is 0.0986. The molecule has 0 saturated carbocycles. The molecular formula is C40H50Cl4N6O3. The van der Waals surface area contributed by atoms with Crippen molar-refractivity contribution in [2.75, 3.05) is 34.9 Å². The van der Waals surface area contributed by atoms with Crippen LogP contribution in [0.5, 0.6) is 0 Å². The van der Waals surface area contributed by atoms with Crippen LogP contribution < -0.4 is 20.7 Å². The number of aliphatic hydroxyl groups excluding tert-OH is 1. The third kappa shape index (κ3) is 12.3. The number of likely N-dealkylation sites (N-methyl/N-ethyl adjacent to an activating group) is 1. The van der Waals surface area contributed by atoms with Crippen molar-refractivity contribution >= 4 is 98.2 Å². The van der Waals surface area contributed by atoms with Crippen molar-refractivity contribution in [1.82, 2.24) is 5.43 Å². The molecule has 3 N–H and O–H groups in total. The Morgan fingerprint density at radius 3 is 2.06 bits per heavy atom. The maximum Gasteiger partial charge on any atom is 0.299 e. The third-order valence-electron chi connectivity index (χ3n) is 9.05. The first-order chi connectivity index (χ1) is 25.6. The average molecular weight is 805 g/mol. The Labute approximate surface area is 333 Å². The van der Waals surface area contributed by atoms with Gasteiger partial charge in [0.2, 0.25) is 5.91 Å². The summed E-state index contributed by atoms with van der Waals surface area (Å²) < 4.78 is 0. The molecule has 0 aromatic heterocycles. The van der Waals surface area contributed by atoms with E-state index < -0.39 is 5.91 Å². The van der Waals surface area contributed by atoms with E-state index >= 15 is 0 Å². The highest BCUT2D eigenvalue weighted by atomic mass is 35.5. The zero-order valence-corrected chi connectivity index (χ0v) is 33.8. The average Bonchev–Trinajstić information content (AvgIpc) is 3.41. The predicted molar refractivity (Wildman–Crippen MR) is 224 cm³/mol. The van der Waals surface area contributed by atoms with Gasteiger partial charge in [-0.1, -0.05) is 118 Å². The second kappa shape index (κ2) is 21.5.